The topological polar surface area (TPSA) is 29.9 Å². The number of rotatable bonds is 6. The van der Waals surface area contributed by atoms with Gasteiger partial charge in [0.15, 0.2) is 0 Å². The molecule has 1 saturated carbocycles. The molecule has 2 rings (SSSR count). The lowest BCUT2D eigenvalue weighted by Crippen LogP contribution is -2.08. The van der Waals surface area contributed by atoms with E-state index in [1.165, 1.54) is 19.3 Å². The number of allylic oxidation sites excluding steroid dienone is 1. The highest BCUT2D eigenvalue weighted by Gasteiger charge is 2.20. The standard InChI is InChI=1S/C12H19N3/c1-3-8-15-9-10(2)14-12(15)13-7-6-11-4-5-11/h3,9,11H,1,4-8H2,2H3,(H,13,14). The van der Waals surface area contributed by atoms with Gasteiger partial charge in [-0.1, -0.05) is 18.9 Å². The highest BCUT2D eigenvalue weighted by Crippen LogP contribution is 2.32. The number of nitrogens with zero attached hydrogens (tertiary/aromatic N) is 2. The van der Waals surface area contributed by atoms with E-state index in [9.17, 15) is 0 Å². The largest absolute Gasteiger partial charge is 0.356 e. The van der Waals surface area contributed by atoms with E-state index in [1.807, 2.05) is 13.0 Å². The second-order valence-electron chi connectivity index (χ2n) is 4.31. The van der Waals surface area contributed by atoms with Crippen LogP contribution in [0, 0.1) is 12.8 Å². The molecular weight excluding hydrogens is 186 g/mol. The van der Waals surface area contributed by atoms with E-state index in [1.54, 1.807) is 0 Å². The molecule has 0 amide bonds. The smallest absolute Gasteiger partial charge is 0.203 e. The maximum Gasteiger partial charge on any atom is 0.203 e. The summed E-state index contributed by atoms with van der Waals surface area (Å²) in [6.45, 7) is 7.63. The number of hydrogen-bond donors (Lipinski definition) is 1. The maximum atomic E-state index is 4.45. The zero-order valence-electron chi connectivity index (χ0n) is 9.37. The van der Waals surface area contributed by atoms with Gasteiger partial charge in [-0.15, -0.1) is 6.58 Å². The van der Waals surface area contributed by atoms with Crippen LogP contribution in [0.1, 0.15) is 25.0 Å². The molecule has 0 aromatic carbocycles. The van der Waals surface area contributed by atoms with Gasteiger partial charge in [-0.3, -0.25) is 0 Å². The number of nitrogens with one attached hydrogen (secondary N) is 1. The van der Waals surface area contributed by atoms with Gasteiger partial charge in [-0.05, 0) is 19.3 Å². The van der Waals surface area contributed by atoms with Crippen LogP contribution in [0.25, 0.3) is 0 Å². The number of aromatic nitrogens is 2. The first-order chi connectivity index (χ1) is 7.29. The van der Waals surface area contributed by atoms with Crippen molar-refractivity contribution in [2.24, 2.45) is 5.92 Å². The molecule has 0 bridgehead atoms. The Morgan fingerprint density at radius 2 is 2.47 bits per heavy atom. The summed E-state index contributed by atoms with van der Waals surface area (Å²) >= 11 is 0. The average Bonchev–Trinajstić information content (AvgIpc) is 2.94. The molecule has 15 heavy (non-hydrogen) atoms. The Hall–Kier alpha value is -1.25. The molecule has 1 aliphatic carbocycles. The van der Waals surface area contributed by atoms with Crippen molar-refractivity contribution in [2.45, 2.75) is 32.7 Å². The third-order valence-corrected chi connectivity index (χ3v) is 2.76. The summed E-state index contributed by atoms with van der Waals surface area (Å²) in [6, 6.07) is 0. The first-order valence-corrected chi connectivity index (χ1v) is 5.68. The van der Waals surface area contributed by atoms with Crippen LogP contribution in [0.5, 0.6) is 0 Å². The van der Waals surface area contributed by atoms with Crippen molar-refractivity contribution in [2.75, 3.05) is 11.9 Å². The average molecular weight is 205 g/mol. The lowest BCUT2D eigenvalue weighted by molar-refractivity contribution is 0.742. The van der Waals surface area contributed by atoms with Crippen molar-refractivity contribution in [1.82, 2.24) is 9.55 Å². The molecule has 0 radical (unpaired) electrons. The molecule has 0 aliphatic heterocycles. The predicted octanol–water partition coefficient (Wildman–Crippen LogP) is 2.59. The van der Waals surface area contributed by atoms with Crippen LogP contribution in [0.3, 0.4) is 0 Å². The van der Waals surface area contributed by atoms with Crippen LogP contribution in [0.15, 0.2) is 18.9 Å². The van der Waals surface area contributed by atoms with E-state index in [2.05, 4.69) is 27.6 Å². The summed E-state index contributed by atoms with van der Waals surface area (Å²) in [5.74, 6) is 1.95. The second kappa shape index (κ2) is 4.51. The van der Waals surface area contributed by atoms with Gasteiger partial charge in [0.25, 0.3) is 0 Å². The van der Waals surface area contributed by atoms with Gasteiger partial charge in [0.2, 0.25) is 5.95 Å². The quantitative estimate of drug-likeness (QED) is 0.723. The number of hydrogen-bond acceptors (Lipinski definition) is 2. The van der Waals surface area contributed by atoms with Gasteiger partial charge in [0, 0.05) is 19.3 Å². The normalized spacial score (nSPS) is 15.3. The van der Waals surface area contributed by atoms with Gasteiger partial charge in [0.05, 0.1) is 5.69 Å². The SMILES string of the molecule is C=CCn1cc(C)nc1NCCC1CC1. The summed E-state index contributed by atoms with van der Waals surface area (Å²) in [5.41, 5.74) is 1.06. The van der Waals surface area contributed by atoms with Crippen LogP contribution < -0.4 is 5.32 Å². The Kier molecular flexibility index (Phi) is 3.09. The number of aryl methyl sites for hydroxylation is 1. The summed E-state index contributed by atoms with van der Waals surface area (Å²) in [6.07, 6.45) is 8.07. The Balaban J connectivity index is 1.89. The zero-order valence-corrected chi connectivity index (χ0v) is 9.37. The van der Waals surface area contributed by atoms with E-state index in [0.29, 0.717) is 0 Å². The minimum absolute atomic E-state index is 0.826. The lowest BCUT2D eigenvalue weighted by atomic mass is 10.3. The minimum atomic E-state index is 0.826. The third kappa shape index (κ3) is 2.85. The molecule has 1 aliphatic rings. The lowest BCUT2D eigenvalue weighted by Gasteiger charge is -2.06. The van der Waals surface area contributed by atoms with E-state index >= 15 is 0 Å². The van der Waals surface area contributed by atoms with Gasteiger partial charge >= 0.3 is 0 Å². The van der Waals surface area contributed by atoms with E-state index < -0.39 is 0 Å². The van der Waals surface area contributed by atoms with Crippen molar-refractivity contribution < 1.29 is 0 Å². The molecule has 1 fully saturated rings. The fourth-order valence-electron chi connectivity index (χ4n) is 1.76. The Morgan fingerprint density at radius 1 is 1.67 bits per heavy atom. The first-order valence-electron chi connectivity index (χ1n) is 5.68. The van der Waals surface area contributed by atoms with Crippen molar-refractivity contribution >= 4 is 5.95 Å². The summed E-state index contributed by atoms with van der Waals surface area (Å²) in [7, 11) is 0. The molecule has 0 unspecified atom stereocenters. The summed E-state index contributed by atoms with van der Waals surface area (Å²) in [5, 5.41) is 3.39. The molecule has 3 heteroatoms. The van der Waals surface area contributed by atoms with Gasteiger partial charge < -0.3 is 9.88 Å². The molecule has 3 nitrogen and oxygen atoms in total. The van der Waals surface area contributed by atoms with Crippen molar-refractivity contribution in [3.63, 3.8) is 0 Å². The zero-order chi connectivity index (χ0) is 10.7. The van der Waals surface area contributed by atoms with Crippen molar-refractivity contribution in [3.8, 4) is 0 Å². The molecule has 0 saturated heterocycles. The van der Waals surface area contributed by atoms with E-state index in [0.717, 1.165) is 30.6 Å². The summed E-state index contributed by atoms with van der Waals surface area (Å²) < 4.78 is 2.11. The van der Waals surface area contributed by atoms with Gasteiger partial charge in [0.1, 0.15) is 0 Å². The molecule has 0 atom stereocenters. The van der Waals surface area contributed by atoms with Crippen LogP contribution in [0.4, 0.5) is 5.95 Å². The van der Waals surface area contributed by atoms with Gasteiger partial charge in [-0.2, -0.15) is 0 Å². The number of anilines is 1. The van der Waals surface area contributed by atoms with Crippen molar-refractivity contribution in [1.29, 1.82) is 0 Å². The van der Waals surface area contributed by atoms with Crippen molar-refractivity contribution in [3.05, 3.63) is 24.5 Å². The van der Waals surface area contributed by atoms with Crippen LogP contribution in [-0.2, 0) is 6.54 Å². The Bertz CT molecular complexity index is 337. The van der Waals surface area contributed by atoms with Crippen LogP contribution >= 0.6 is 0 Å². The Labute approximate surface area is 91.2 Å². The van der Waals surface area contributed by atoms with Crippen LogP contribution in [-0.4, -0.2) is 16.1 Å². The van der Waals surface area contributed by atoms with Gasteiger partial charge in [-0.25, -0.2) is 4.98 Å². The highest BCUT2D eigenvalue weighted by molar-refractivity contribution is 5.29. The molecule has 1 N–H and O–H groups in total. The molecule has 82 valence electrons. The minimum Gasteiger partial charge on any atom is -0.356 e. The Morgan fingerprint density at radius 3 is 3.13 bits per heavy atom. The molecule has 1 heterocycles. The number of imidazole rings is 1. The summed E-state index contributed by atoms with van der Waals surface area (Å²) in [4.78, 5) is 4.45. The van der Waals surface area contributed by atoms with Crippen LogP contribution in [0.2, 0.25) is 0 Å². The molecule has 1 aromatic rings. The molecule has 0 spiro atoms. The monoisotopic (exact) mass is 205 g/mol. The maximum absolute atomic E-state index is 4.45. The van der Waals surface area contributed by atoms with E-state index in [-0.39, 0.29) is 0 Å². The highest BCUT2D eigenvalue weighted by atomic mass is 15.2. The second-order valence-corrected chi connectivity index (χ2v) is 4.31. The molecular formula is C12H19N3. The fraction of sp³-hybridized carbons (Fsp3) is 0.583. The third-order valence-electron chi connectivity index (χ3n) is 2.76. The van der Waals surface area contributed by atoms with E-state index in [4.69, 9.17) is 0 Å². The fourth-order valence-corrected chi connectivity index (χ4v) is 1.76. The molecule has 1 aromatic heterocycles. The first kappa shape index (κ1) is 10.3. The predicted molar refractivity (Wildman–Crippen MR) is 63.0 cm³/mol.